The van der Waals surface area contributed by atoms with Gasteiger partial charge in [0.2, 0.25) is 0 Å². The number of hydrogen-bond acceptors (Lipinski definition) is 3. The van der Waals surface area contributed by atoms with E-state index in [1.165, 1.54) is 14.2 Å². The maximum Gasteiger partial charge on any atom is 0.308 e. The Hall–Kier alpha value is -1.65. The summed E-state index contributed by atoms with van der Waals surface area (Å²) >= 11 is 0. The zero-order valence-corrected chi connectivity index (χ0v) is 10.6. The number of carbonyl (C=O) groups excluding carboxylic acids is 1. The van der Waals surface area contributed by atoms with Crippen molar-refractivity contribution >= 4 is 5.97 Å². The lowest BCUT2D eigenvalue weighted by Gasteiger charge is -2.13. The smallest absolute Gasteiger partial charge is 0.308 e. The monoisotopic (exact) mass is 258 g/mol. The summed E-state index contributed by atoms with van der Waals surface area (Å²) < 4.78 is 36.4. The van der Waals surface area contributed by atoms with Gasteiger partial charge in [-0.25, -0.2) is 8.78 Å². The van der Waals surface area contributed by atoms with Crippen LogP contribution in [0.25, 0.3) is 0 Å². The molecule has 1 unspecified atom stereocenters. The second kappa shape index (κ2) is 6.33. The summed E-state index contributed by atoms with van der Waals surface area (Å²) in [7, 11) is 2.54. The van der Waals surface area contributed by atoms with E-state index < -0.39 is 23.5 Å². The molecule has 0 spiro atoms. The van der Waals surface area contributed by atoms with Gasteiger partial charge in [0.15, 0.2) is 11.6 Å². The highest BCUT2D eigenvalue weighted by molar-refractivity contribution is 5.72. The van der Waals surface area contributed by atoms with Crippen molar-refractivity contribution in [1.82, 2.24) is 0 Å². The van der Waals surface area contributed by atoms with Crippen LogP contribution in [0, 0.1) is 17.6 Å². The van der Waals surface area contributed by atoms with Crippen LogP contribution in [0.15, 0.2) is 12.1 Å². The van der Waals surface area contributed by atoms with Crippen LogP contribution in [-0.2, 0) is 16.0 Å². The summed E-state index contributed by atoms with van der Waals surface area (Å²) in [6.07, 6.45) is 0.607. The average molecular weight is 258 g/mol. The summed E-state index contributed by atoms with van der Waals surface area (Å²) in [6, 6.07) is 2.04. The average Bonchev–Trinajstić information content (AvgIpc) is 2.38. The van der Waals surface area contributed by atoms with Crippen molar-refractivity contribution in [2.45, 2.75) is 19.8 Å². The van der Waals surface area contributed by atoms with Crippen molar-refractivity contribution in [2.24, 2.45) is 5.92 Å². The fraction of sp³-hybridized carbons (Fsp3) is 0.462. The number of carbonyl (C=O) groups is 1. The minimum Gasteiger partial charge on any atom is -0.494 e. The van der Waals surface area contributed by atoms with Gasteiger partial charge in [-0.15, -0.1) is 0 Å². The highest BCUT2D eigenvalue weighted by atomic mass is 19.1. The molecule has 3 nitrogen and oxygen atoms in total. The maximum atomic E-state index is 13.7. The molecular formula is C13H16F2O3. The maximum absolute atomic E-state index is 13.7. The first kappa shape index (κ1) is 14.4. The summed E-state index contributed by atoms with van der Waals surface area (Å²) in [5.74, 6) is -2.28. The minimum absolute atomic E-state index is 0.107. The van der Waals surface area contributed by atoms with Crippen molar-refractivity contribution in [3.05, 3.63) is 29.3 Å². The molecule has 0 aromatic heterocycles. The van der Waals surface area contributed by atoms with E-state index in [0.717, 1.165) is 12.1 Å². The van der Waals surface area contributed by atoms with Gasteiger partial charge in [-0.05, 0) is 24.5 Å². The van der Waals surface area contributed by atoms with Crippen molar-refractivity contribution < 1.29 is 23.0 Å². The van der Waals surface area contributed by atoms with Crippen molar-refractivity contribution in [3.63, 3.8) is 0 Å². The number of ether oxygens (including phenoxy) is 2. The summed E-state index contributed by atoms with van der Waals surface area (Å²) in [5.41, 5.74) is 0.144. The van der Waals surface area contributed by atoms with E-state index in [2.05, 4.69) is 9.47 Å². The standard InChI is InChI=1S/C13H16F2O3/c1-4-8(13(16)18-3)5-9-6-11(15)12(17-2)7-10(9)14/h6-8H,4-5H2,1-3H3. The number of rotatable bonds is 5. The highest BCUT2D eigenvalue weighted by Gasteiger charge is 2.20. The van der Waals surface area contributed by atoms with E-state index in [1.807, 2.05) is 0 Å². The SMILES string of the molecule is CCC(Cc1cc(F)c(OC)cc1F)C(=O)OC. The van der Waals surface area contributed by atoms with Crippen LogP contribution in [0.4, 0.5) is 8.78 Å². The first-order valence-electron chi connectivity index (χ1n) is 5.63. The van der Waals surface area contributed by atoms with Gasteiger partial charge in [-0.3, -0.25) is 4.79 Å². The number of benzene rings is 1. The molecule has 0 saturated heterocycles. The molecule has 0 radical (unpaired) electrons. The minimum atomic E-state index is -0.645. The first-order chi connectivity index (χ1) is 8.53. The lowest BCUT2D eigenvalue weighted by Crippen LogP contribution is -2.18. The predicted molar refractivity (Wildman–Crippen MR) is 62.4 cm³/mol. The van der Waals surface area contributed by atoms with Gasteiger partial charge >= 0.3 is 5.97 Å². The molecule has 1 rings (SSSR count). The molecule has 0 aliphatic rings. The van der Waals surface area contributed by atoms with Gasteiger partial charge in [0.25, 0.3) is 0 Å². The molecule has 0 fully saturated rings. The van der Waals surface area contributed by atoms with Crippen LogP contribution >= 0.6 is 0 Å². The van der Waals surface area contributed by atoms with E-state index in [1.54, 1.807) is 6.92 Å². The Labute approximate surface area is 105 Å². The van der Waals surface area contributed by atoms with Gasteiger partial charge in [-0.1, -0.05) is 6.92 Å². The molecule has 0 N–H and O–H groups in total. The third-order valence-electron chi connectivity index (χ3n) is 2.81. The third kappa shape index (κ3) is 3.18. The second-order valence-electron chi connectivity index (χ2n) is 3.91. The Balaban J connectivity index is 2.96. The van der Waals surface area contributed by atoms with E-state index >= 15 is 0 Å². The van der Waals surface area contributed by atoms with Crippen LogP contribution in [-0.4, -0.2) is 20.2 Å². The first-order valence-corrected chi connectivity index (χ1v) is 5.63. The molecule has 5 heteroatoms. The molecule has 100 valence electrons. The van der Waals surface area contributed by atoms with E-state index in [4.69, 9.17) is 0 Å². The van der Waals surface area contributed by atoms with E-state index in [0.29, 0.717) is 6.42 Å². The van der Waals surface area contributed by atoms with Gasteiger partial charge < -0.3 is 9.47 Å². The molecule has 1 aromatic rings. The summed E-state index contributed by atoms with van der Waals surface area (Å²) in [5, 5.41) is 0. The second-order valence-corrected chi connectivity index (χ2v) is 3.91. The molecule has 0 saturated carbocycles. The summed E-state index contributed by atoms with van der Waals surface area (Å²) in [4.78, 5) is 11.4. The van der Waals surface area contributed by atoms with Gasteiger partial charge in [0.05, 0.1) is 20.1 Å². The van der Waals surface area contributed by atoms with Crippen LogP contribution in [0.5, 0.6) is 5.75 Å². The van der Waals surface area contributed by atoms with Crippen molar-refractivity contribution in [2.75, 3.05) is 14.2 Å². The molecule has 0 aliphatic carbocycles. The number of methoxy groups -OCH3 is 2. The molecule has 1 aromatic carbocycles. The molecule has 0 aliphatic heterocycles. The van der Waals surface area contributed by atoms with Crippen LogP contribution in [0.2, 0.25) is 0 Å². The Bertz CT molecular complexity index is 432. The van der Waals surface area contributed by atoms with Crippen LogP contribution in [0.3, 0.4) is 0 Å². The Morgan fingerprint density at radius 3 is 2.44 bits per heavy atom. The predicted octanol–water partition coefficient (Wildman–Crippen LogP) is 2.72. The normalized spacial score (nSPS) is 12.1. The van der Waals surface area contributed by atoms with Crippen LogP contribution < -0.4 is 4.74 Å². The quantitative estimate of drug-likeness (QED) is 0.762. The molecule has 18 heavy (non-hydrogen) atoms. The Morgan fingerprint density at radius 1 is 1.28 bits per heavy atom. The third-order valence-corrected chi connectivity index (χ3v) is 2.81. The van der Waals surface area contributed by atoms with Crippen LogP contribution in [0.1, 0.15) is 18.9 Å². The Morgan fingerprint density at radius 2 is 1.94 bits per heavy atom. The molecule has 0 bridgehead atoms. The van der Waals surface area contributed by atoms with Gasteiger partial charge in [0.1, 0.15) is 5.82 Å². The molecule has 0 amide bonds. The largest absolute Gasteiger partial charge is 0.494 e. The lowest BCUT2D eigenvalue weighted by molar-refractivity contribution is -0.145. The Kier molecular flexibility index (Phi) is 5.07. The van der Waals surface area contributed by atoms with Crippen molar-refractivity contribution in [3.8, 4) is 5.75 Å². The number of halogens is 2. The van der Waals surface area contributed by atoms with Crippen molar-refractivity contribution in [1.29, 1.82) is 0 Å². The summed E-state index contributed by atoms with van der Waals surface area (Å²) in [6.45, 7) is 1.79. The lowest BCUT2D eigenvalue weighted by atomic mass is 9.96. The van der Waals surface area contributed by atoms with E-state index in [9.17, 15) is 13.6 Å². The molecular weight excluding hydrogens is 242 g/mol. The molecule has 0 heterocycles. The highest BCUT2D eigenvalue weighted by Crippen LogP contribution is 2.24. The fourth-order valence-corrected chi connectivity index (χ4v) is 1.71. The van der Waals surface area contributed by atoms with E-state index in [-0.39, 0.29) is 17.7 Å². The zero-order chi connectivity index (χ0) is 13.7. The van der Waals surface area contributed by atoms with Gasteiger partial charge in [0, 0.05) is 6.07 Å². The zero-order valence-electron chi connectivity index (χ0n) is 10.6. The fourth-order valence-electron chi connectivity index (χ4n) is 1.71. The topological polar surface area (TPSA) is 35.5 Å². The number of hydrogen-bond donors (Lipinski definition) is 0. The van der Waals surface area contributed by atoms with Gasteiger partial charge in [-0.2, -0.15) is 0 Å². The molecule has 1 atom stereocenters. The number of esters is 1.